The smallest absolute Gasteiger partial charge is 0.325 e. The minimum atomic E-state index is -1.26. The first-order chi connectivity index (χ1) is 9.77. The summed E-state index contributed by atoms with van der Waals surface area (Å²) in [5.41, 5.74) is 0. The molecule has 1 rings (SSSR count). The first-order valence-corrected chi connectivity index (χ1v) is 6.95. The average molecular weight is 307 g/mol. The Kier molecular flexibility index (Phi) is 6.98. The summed E-state index contributed by atoms with van der Waals surface area (Å²) in [6.07, 6.45) is -4.89. The zero-order chi connectivity index (χ0) is 16.2. The van der Waals surface area contributed by atoms with Crippen LogP contribution in [0.5, 0.6) is 0 Å². The van der Waals surface area contributed by atoms with Gasteiger partial charge in [-0.05, 0) is 20.3 Å². The van der Waals surface area contributed by atoms with Gasteiger partial charge in [0, 0.05) is 6.04 Å². The number of aliphatic hydroxyl groups is 4. The van der Waals surface area contributed by atoms with Gasteiger partial charge in [0.1, 0.15) is 24.4 Å². The lowest BCUT2D eigenvalue weighted by Gasteiger charge is -2.37. The van der Waals surface area contributed by atoms with Crippen LogP contribution in [0.15, 0.2) is 0 Å². The van der Waals surface area contributed by atoms with Crippen LogP contribution in [0.25, 0.3) is 0 Å². The molecule has 0 aromatic heterocycles. The Balaban J connectivity index is 2.56. The molecule has 21 heavy (non-hydrogen) atoms. The summed E-state index contributed by atoms with van der Waals surface area (Å²) in [5.74, 6) is -0.586. The average Bonchev–Trinajstić information content (AvgIpc) is 2.44. The second-order valence-corrected chi connectivity index (χ2v) is 5.47. The monoisotopic (exact) mass is 307 g/mol. The van der Waals surface area contributed by atoms with Gasteiger partial charge in [0.05, 0.1) is 25.9 Å². The largest absolute Gasteiger partial charge is 0.468 e. The molecule has 0 aromatic carbocycles. The van der Waals surface area contributed by atoms with Crippen molar-refractivity contribution in [1.29, 1.82) is 0 Å². The molecule has 1 aliphatic heterocycles. The van der Waals surface area contributed by atoms with E-state index in [2.05, 4.69) is 10.1 Å². The number of nitrogens with one attached hydrogen (secondary N) is 1. The third kappa shape index (κ3) is 4.87. The second kappa shape index (κ2) is 8.02. The highest BCUT2D eigenvalue weighted by atomic mass is 16.5. The molecular weight excluding hydrogens is 282 g/mol. The van der Waals surface area contributed by atoms with Crippen LogP contribution in [0.4, 0.5) is 0 Å². The minimum Gasteiger partial charge on any atom is -0.468 e. The third-order valence-electron chi connectivity index (χ3n) is 3.59. The van der Waals surface area contributed by atoms with E-state index in [1.54, 1.807) is 6.92 Å². The van der Waals surface area contributed by atoms with Crippen molar-refractivity contribution < 1.29 is 34.7 Å². The highest BCUT2D eigenvalue weighted by molar-refractivity contribution is 5.76. The zero-order valence-electron chi connectivity index (χ0n) is 12.5. The Morgan fingerprint density at radius 3 is 2.48 bits per heavy atom. The number of esters is 1. The Labute approximate surface area is 123 Å². The van der Waals surface area contributed by atoms with Crippen molar-refractivity contribution in [2.75, 3.05) is 13.7 Å². The van der Waals surface area contributed by atoms with Crippen LogP contribution in [0.3, 0.4) is 0 Å². The van der Waals surface area contributed by atoms with Crippen molar-refractivity contribution in [3.05, 3.63) is 0 Å². The molecule has 4 unspecified atom stereocenters. The molecule has 1 aliphatic rings. The SMILES string of the molecule is COC(=O)C(NC(C)CC1OC[C@@H](O)[C@H](O)[C@H]1O)C(C)O. The summed E-state index contributed by atoms with van der Waals surface area (Å²) in [6.45, 7) is 3.16. The summed E-state index contributed by atoms with van der Waals surface area (Å²) >= 11 is 0. The summed E-state index contributed by atoms with van der Waals surface area (Å²) in [5, 5.41) is 41.3. The summed E-state index contributed by atoms with van der Waals surface area (Å²) in [4.78, 5) is 11.5. The lowest BCUT2D eigenvalue weighted by Crippen LogP contribution is -2.55. The van der Waals surface area contributed by atoms with Gasteiger partial charge < -0.3 is 29.9 Å². The molecule has 8 heteroatoms. The molecule has 5 N–H and O–H groups in total. The maximum Gasteiger partial charge on any atom is 0.325 e. The predicted octanol–water partition coefficient (Wildman–Crippen LogP) is -2.24. The van der Waals surface area contributed by atoms with Gasteiger partial charge in [-0.1, -0.05) is 0 Å². The van der Waals surface area contributed by atoms with E-state index in [1.165, 1.54) is 14.0 Å². The molecule has 124 valence electrons. The molecule has 0 spiro atoms. The molecule has 1 fully saturated rings. The number of methoxy groups -OCH3 is 1. The van der Waals surface area contributed by atoms with Crippen molar-refractivity contribution in [3.8, 4) is 0 Å². The Morgan fingerprint density at radius 2 is 1.95 bits per heavy atom. The van der Waals surface area contributed by atoms with Crippen molar-refractivity contribution in [2.45, 2.75) is 62.9 Å². The van der Waals surface area contributed by atoms with E-state index in [0.717, 1.165) is 0 Å². The molecule has 1 heterocycles. The quantitative estimate of drug-likeness (QED) is 0.348. The molecule has 0 aliphatic carbocycles. The van der Waals surface area contributed by atoms with Crippen LogP contribution in [-0.2, 0) is 14.3 Å². The highest BCUT2D eigenvalue weighted by Crippen LogP contribution is 2.19. The number of rotatable bonds is 6. The van der Waals surface area contributed by atoms with E-state index in [9.17, 15) is 25.2 Å². The minimum absolute atomic E-state index is 0.0630. The van der Waals surface area contributed by atoms with Crippen LogP contribution in [0, 0.1) is 0 Å². The second-order valence-electron chi connectivity index (χ2n) is 5.47. The van der Waals surface area contributed by atoms with Crippen LogP contribution in [0.1, 0.15) is 20.3 Å². The lowest BCUT2D eigenvalue weighted by molar-refractivity contribution is -0.189. The molecule has 7 atom stereocenters. The van der Waals surface area contributed by atoms with Gasteiger partial charge in [0.25, 0.3) is 0 Å². The lowest BCUT2D eigenvalue weighted by atomic mass is 9.95. The van der Waals surface area contributed by atoms with Gasteiger partial charge >= 0.3 is 5.97 Å². The number of hydrogen-bond donors (Lipinski definition) is 5. The Bertz CT molecular complexity index is 338. The first kappa shape index (κ1) is 18.3. The molecular formula is C13H25NO7. The first-order valence-electron chi connectivity index (χ1n) is 6.95. The number of ether oxygens (including phenoxy) is 2. The van der Waals surface area contributed by atoms with Gasteiger partial charge in [0.2, 0.25) is 0 Å². The standard InChI is InChI=1S/C13H25NO7/c1-6(14-10(7(2)15)13(19)20-3)4-9-12(18)11(17)8(16)5-21-9/h6-12,14-18H,4-5H2,1-3H3/t6?,7?,8-,9?,10?,11+,12+/m1/s1. The third-order valence-corrected chi connectivity index (χ3v) is 3.59. The number of carbonyl (C=O) groups excluding carboxylic acids is 1. The van der Waals surface area contributed by atoms with E-state index in [-0.39, 0.29) is 12.6 Å². The van der Waals surface area contributed by atoms with Gasteiger partial charge in [-0.25, -0.2) is 0 Å². The molecule has 0 amide bonds. The summed E-state index contributed by atoms with van der Waals surface area (Å²) in [6, 6.07) is -1.17. The molecule has 1 saturated heterocycles. The Morgan fingerprint density at radius 1 is 1.33 bits per heavy atom. The maximum atomic E-state index is 11.5. The van der Waals surface area contributed by atoms with Gasteiger partial charge in [-0.15, -0.1) is 0 Å². The fourth-order valence-corrected chi connectivity index (χ4v) is 2.33. The van der Waals surface area contributed by atoms with Crippen LogP contribution >= 0.6 is 0 Å². The van der Waals surface area contributed by atoms with Crippen molar-refractivity contribution in [3.63, 3.8) is 0 Å². The molecule has 0 saturated carbocycles. The topological polar surface area (TPSA) is 128 Å². The van der Waals surface area contributed by atoms with E-state index < -0.39 is 42.5 Å². The molecule has 0 aromatic rings. The summed E-state index contributed by atoms with van der Waals surface area (Å²) in [7, 11) is 1.23. The van der Waals surface area contributed by atoms with E-state index >= 15 is 0 Å². The highest BCUT2D eigenvalue weighted by Gasteiger charge is 2.38. The van der Waals surface area contributed by atoms with Crippen LogP contribution < -0.4 is 5.32 Å². The van der Waals surface area contributed by atoms with Crippen molar-refractivity contribution in [1.82, 2.24) is 5.32 Å². The van der Waals surface area contributed by atoms with Gasteiger partial charge in [-0.3, -0.25) is 10.1 Å². The van der Waals surface area contributed by atoms with E-state index in [0.29, 0.717) is 6.42 Å². The van der Waals surface area contributed by atoms with Gasteiger partial charge in [0.15, 0.2) is 0 Å². The number of aliphatic hydroxyl groups excluding tert-OH is 4. The van der Waals surface area contributed by atoms with Crippen LogP contribution in [0.2, 0.25) is 0 Å². The van der Waals surface area contributed by atoms with Gasteiger partial charge in [-0.2, -0.15) is 0 Å². The normalized spacial score (nSPS) is 34.0. The molecule has 0 bridgehead atoms. The fourth-order valence-electron chi connectivity index (χ4n) is 2.33. The summed E-state index contributed by atoms with van der Waals surface area (Å²) < 4.78 is 9.90. The zero-order valence-corrected chi connectivity index (χ0v) is 12.5. The maximum absolute atomic E-state index is 11.5. The number of carbonyl (C=O) groups is 1. The number of hydrogen-bond acceptors (Lipinski definition) is 8. The van der Waals surface area contributed by atoms with Crippen molar-refractivity contribution in [2.24, 2.45) is 0 Å². The van der Waals surface area contributed by atoms with E-state index in [1.807, 2.05) is 0 Å². The van der Waals surface area contributed by atoms with Crippen molar-refractivity contribution >= 4 is 5.97 Å². The fraction of sp³-hybridized carbons (Fsp3) is 0.923. The predicted molar refractivity (Wildman–Crippen MR) is 72.5 cm³/mol. The van der Waals surface area contributed by atoms with Crippen LogP contribution in [-0.4, -0.2) is 82.7 Å². The molecule has 0 radical (unpaired) electrons. The van der Waals surface area contributed by atoms with E-state index in [4.69, 9.17) is 4.74 Å². The Hall–Kier alpha value is -0.770. The molecule has 8 nitrogen and oxygen atoms in total.